The van der Waals surface area contributed by atoms with Crippen LogP contribution in [0.4, 0.5) is 0 Å². The Morgan fingerprint density at radius 1 is 1.53 bits per heavy atom. The molecule has 0 aliphatic carbocycles. The first-order chi connectivity index (χ1) is 9.13. The van der Waals surface area contributed by atoms with Crippen molar-refractivity contribution in [2.24, 2.45) is 5.92 Å². The van der Waals surface area contributed by atoms with E-state index in [4.69, 9.17) is 10.5 Å². The SMILES string of the molecule is CC(C)C(=O)NCCc1cn(CCOCC[NH])nn1. The summed E-state index contributed by atoms with van der Waals surface area (Å²) in [6.45, 7) is 6.19. The van der Waals surface area contributed by atoms with Crippen LogP contribution < -0.4 is 11.1 Å². The Bertz CT molecular complexity index is 378. The molecule has 1 amide bonds. The molecule has 2 N–H and O–H groups in total. The molecule has 0 spiro atoms. The molecule has 0 aliphatic rings. The summed E-state index contributed by atoms with van der Waals surface area (Å²) in [6.07, 6.45) is 2.53. The van der Waals surface area contributed by atoms with Gasteiger partial charge in [0.2, 0.25) is 5.91 Å². The number of rotatable bonds is 9. The van der Waals surface area contributed by atoms with Gasteiger partial charge in [-0.05, 0) is 0 Å². The summed E-state index contributed by atoms with van der Waals surface area (Å²) in [7, 11) is 0. The molecule has 0 fully saturated rings. The molecule has 1 aromatic heterocycles. The van der Waals surface area contributed by atoms with Crippen LogP contribution in [0.15, 0.2) is 6.20 Å². The van der Waals surface area contributed by atoms with E-state index in [2.05, 4.69) is 15.6 Å². The van der Waals surface area contributed by atoms with Crippen molar-refractivity contribution in [2.45, 2.75) is 26.8 Å². The molecule has 1 aromatic rings. The molecule has 1 heterocycles. The first-order valence-corrected chi connectivity index (χ1v) is 6.52. The van der Waals surface area contributed by atoms with Gasteiger partial charge in [-0.2, -0.15) is 0 Å². The molecule has 0 aliphatic heterocycles. The van der Waals surface area contributed by atoms with Crippen molar-refractivity contribution in [3.8, 4) is 0 Å². The number of ether oxygens (including phenoxy) is 1. The van der Waals surface area contributed by atoms with Crippen molar-refractivity contribution < 1.29 is 9.53 Å². The number of carbonyl (C=O) groups is 1. The number of amides is 1. The van der Waals surface area contributed by atoms with E-state index in [0.29, 0.717) is 32.7 Å². The van der Waals surface area contributed by atoms with E-state index in [9.17, 15) is 4.79 Å². The summed E-state index contributed by atoms with van der Waals surface area (Å²) in [5.41, 5.74) is 7.79. The van der Waals surface area contributed by atoms with Crippen LogP contribution in [0.2, 0.25) is 0 Å². The molecule has 0 saturated carbocycles. The molecule has 107 valence electrons. The molecule has 1 radical (unpaired) electrons. The minimum Gasteiger partial charge on any atom is -0.378 e. The van der Waals surface area contributed by atoms with Crippen LogP contribution in [0.25, 0.3) is 0 Å². The van der Waals surface area contributed by atoms with Gasteiger partial charge in [-0.3, -0.25) is 10.5 Å². The number of carbonyl (C=O) groups excluding carboxylic acids is 1. The second kappa shape index (κ2) is 8.60. The maximum atomic E-state index is 11.4. The maximum Gasteiger partial charge on any atom is 0.222 e. The largest absolute Gasteiger partial charge is 0.378 e. The number of hydrogen-bond acceptors (Lipinski definition) is 4. The van der Waals surface area contributed by atoms with E-state index < -0.39 is 0 Å². The average Bonchev–Trinajstić information content (AvgIpc) is 2.82. The van der Waals surface area contributed by atoms with Crippen molar-refractivity contribution in [1.82, 2.24) is 26.0 Å². The first-order valence-electron chi connectivity index (χ1n) is 6.52. The molecule has 1 rings (SSSR count). The monoisotopic (exact) mass is 268 g/mol. The van der Waals surface area contributed by atoms with E-state index >= 15 is 0 Å². The van der Waals surface area contributed by atoms with Gasteiger partial charge in [0.15, 0.2) is 0 Å². The van der Waals surface area contributed by atoms with E-state index in [1.807, 2.05) is 20.0 Å². The quantitative estimate of drug-likeness (QED) is 0.632. The van der Waals surface area contributed by atoms with Gasteiger partial charge in [0.1, 0.15) is 0 Å². The molecule has 0 unspecified atom stereocenters. The van der Waals surface area contributed by atoms with Crippen LogP contribution in [-0.2, 0) is 22.5 Å². The second-order valence-electron chi connectivity index (χ2n) is 4.53. The number of nitrogens with one attached hydrogen (secondary N) is 2. The number of aromatic nitrogens is 3. The van der Waals surface area contributed by atoms with Gasteiger partial charge in [0, 0.05) is 31.6 Å². The minimum absolute atomic E-state index is 0.00451. The highest BCUT2D eigenvalue weighted by Gasteiger charge is 2.06. The minimum atomic E-state index is 0.00451. The maximum absolute atomic E-state index is 11.4. The van der Waals surface area contributed by atoms with Crippen molar-refractivity contribution >= 4 is 5.91 Å². The number of hydrogen-bond donors (Lipinski definition) is 1. The molecular formula is C12H22N5O2. The first kappa shape index (κ1) is 15.6. The number of nitrogens with zero attached hydrogens (tertiary/aromatic N) is 3. The Morgan fingerprint density at radius 3 is 3.00 bits per heavy atom. The summed E-state index contributed by atoms with van der Waals surface area (Å²) in [5.74, 6) is 0.0565. The Labute approximate surface area is 113 Å². The van der Waals surface area contributed by atoms with Crippen LogP contribution >= 0.6 is 0 Å². The lowest BCUT2D eigenvalue weighted by Gasteiger charge is -2.05. The third-order valence-corrected chi connectivity index (χ3v) is 2.50. The van der Waals surface area contributed by atoms with Gasteiger partial charge in [-0.25, -0.2) is 4.68 Å². The molecule has 19 heavy (non-hydrogen) atoms. The van der Waals surface area contributed by atoms with Crippen molar-refractivity contribution in [3.05, 3.63) is 11.9 Å². The lowest BCUT2D eigenvalue weighted by atomic mass is 10.2. The van der Waals surface area contributed by atoms with Crippen LogP contribution in [0.3, 0.4) is 0 Å². The van der Waals surface area contributed by atoms with Gasteiger partial charge >= 0.3 is 0 Å². The highest BCUT2D eigenvalue weighted by atomic mass is 16.5. The van der Waals surface area contributed by atoms with E-state index in [0.717, 1.165) is 5.69 Å². The fourth-order valence-corrected chi connectivity index (χ4v) is 1.41. The molecular weight excluding hydrogens is 246 g/mol. The van der Waals surface area contributed by atoms with Crippen molar-refractivity contribution in [2.75, 3.05) is 26.3 Å². The predicted molar refractivity (Wildman–Crippen MR) is 70.4 cm³/mol. The van der Waals surface area contributed by atoms with Crippen LogP contribution in [0.5, 0.6) is 0 Å². The fraction of sp³-hybridized carbons (Fsp3) is 0.750. The highest BCUT2D eigenvalue weighted by molar-refractivity contribution is 5.77. The van der Waals surface area contributed by atoms with Gasteiger partial charge in [0.25, 0.3) is 0 Å². The Morgan fingerprint density at radius 2 is 2.32 bits per heavy atom. The van der Waals surface area contributed by atoms with Crippen molar-refractivity contribution in [1.29, 1.82) is 0 Å². The van der Waals surface area contributed by atoms with Crippen LogP contribution in [-0.4, -0.2) is 47.2 Å². The predicted octanol–water partition coefficient (Wildman–Crippen LogP) is -0.108. The van der Waals surface area contributed by atoms with E-state index in [-0.39, 0.29) is 18.4 Å². The van der Waals surface area contributed by atoms with E-state index in [1.54, 1.807) is 4.68 Å². The average molecular weight is 268 g/mol. The van der Waals surface area contributed by atoms with Crippen LogP contribution in [0.1, 0.15) is 19.5 Å². The second-order valence-corrected chi connectivity index (χ2v) is 4.53. The molecule has 0 atom stereocenters. The Balaban J connectivity index is 2.21. The zero-order valence-corrected chi connectivity index (χ0v) is 11.6. The van der Waals surface area contributed by atoms with Gasteiger partial charge in [0.05, 0.1) is 25.5 Å². The Kier molecular flexibility index (Phi) is 7.06. The summed E-state index contributed by atoms with van der Waals surface area (Å²) < 4.78 is 6.91. The molecule has 7 nitrogen and oxygen atoms in total. The standard InChI is InChI=1S/C12H22N5O2/c1-10(2)12(18)14-5-3-11-9-17(16-15-11)6-8-19-7-4-13/h9-10,13H,3-8H2,1-2H3,(H,14,18). The smallest absolute Gasteiger partial charge is 0.222 e. The molecule has 0 aromatic carbocycles. The summed E-state index contributed by atoms with van der Waals surface area (Å²) in [5, 5.41) is 10.8. The van der Waals surface area contributed by atoms with E-state index in [1.165, 1.54) is 0 Å². The third kappa shape index (κ3) is 6.30. The molecule has 0 saturated heterocycles. The fourth-order valence-electron chi connectivity index (χ4n) is 1.41. The van der Waals surface area contributed by atoms with Gasteiger partial charge in [-0.15, -0.1) is 5.10 Å². The zero-order chi connectivity index (χ0) is 14.1. The van der Waals surface area contributed by atoms with Crippen LogP contribution in [0, 0.1) is 5.92 Å². The summed E-state index contributed by atoms with van der Waals surface area (Å²) in [4.78, 5) is 11.4. The Hall–Kier alpha value is -1.47. The normalized spacial score (nSPS) is 10.9. The molecule has 7 heteroatoms. The summed E-state index contributed by atoms with van der Waals surface area (Å²) >= 11 is 0. The zero-order valence-electron chi connectivity index (χ0n) is 11.6. The topological polar surface area (TPSA) is 92.8 Å². The molecule has 0 bridgehead atoms. The van der Waals surface area contributed by atoms with Crippen molar-refractivity contribution in [3.63, 3.8) is 0 Å². The third-order valence-electron chi connectivity index (χ3n) is 2.50. The lowest BCUT2D eigenvalue weighted by molar-refractivity contribution is -0.123. The van der Waals surface area contributed by atoms with Gasteiger partial charge < -0.3 is 10.1 Å². The van der Waals surface area contributed by atoms with Gasteiger partial charge in [-0.1, -0.05) is 19.1 Å². The lowest BCUT2D eigenvalue weighted by Crippen LogP contribution is -2.29. The highest BCUT2D eigenvalue weighted by Crippen LogP contribution is 1.95. The summed E-state index contributed by atoms with van der Waals surface area (Å²) in [6, 6.07) is 0.